The van der Waals surface area contributed by atoms with Crippen molar-refractivity contribution >= 4 is 17.9 Å². The number of thioether (sulfide) groups is 1. The Hall–Kier alpha value is -0.420. The maximum absolute atomic E-state index is 10.2. The number of carbonyl (C=O) groups is 1. The molecular formula is C5H12N2O2S. The molecule has 0 rings (SSSR count). The molecule has 1 unspecified atom stereocenters. The molecule has 4 nitrogen and oxygen atoms in total. The molecule has 0 saturated carbocycles. The standard InChI is InChI=1S/C5H12N2O2S/c1-4(3-10-2)7(6)5(8)9/h4H,3,6H2,1-2H3,(H,8,9). The van der Waals surface area contributed by atoms with E-state index in [0.29, 0.717) is 0 Å². The molecule has 1 atom stereocenters. The first kappa shape index (κ1) is 9.58. The van der Waals surface area contributed by atoms with Crippen LogP contribution in [0.5, 0.6) is 0 Å². The molecule has 0 radical (unpaired) electrons. The zero-order valence-electron chi connectivity index (χ0n) is 6.07. The first-order valence-electron chi connectivity index (χ1n) is 2.85. The van der Waals surface area contributed by atoms with Crippen LogP contribution in [-0.2, 0) is 0 Å². The lowest BCUT2D eigenvalue weighted by atomic mass is 10.4. The molecule has 5 heteroatoms. The van der Waals surface area contributed by atoms with Crippen LogP contribution in [0.2, 0.25) is 0 Å². The summed E-state index contributed by atoms with van der Waals surface area (Å²) >= 11 is 1.57. The lowest BCUT2D eigenvalue weighted by molar-refractivity contribution is 0.133. The maximum Gasteiger partial charge on any atom is 0.421 e. The molecule has 0 spiro atoms. The van der Waals surface area contributed by atoms with Crippen molar-refractivity contribution in [3.05, 3.63) is 0 Å². The molecule has 0 heterocycles. The highest BCUT2D eigenvalue weighted by molar-refractivity contribution is 7.98. The second-order valence-corrected chi connectivity index (χ2v) is 2.90. The number of hydrazine groups is 1. The fourth-order valence-electron chi connectivity index (χ4n) is 0.510. The molecule has 10 heavy (non-hydrogen) atoms. The van der Waals surface area contributed by atoms with Gasteiger partial charge in [-0.2, -0.15) is 11.8 Å². The minimum absolute atomic E-state index is 0.118. The minimum Gasteiger partial charge on any atom is -0.464 e. The van der Waals surface area contributed by atoms with Gasteiger partial charge in [0, 0.05) is 5.75 Å². The third-order valence-corrected chi connectivity index (χ3v) is 1.92. The van der Waals surface area contributed by atoms with Gasteiger partial charge < -0.3 is 5.11 Å². The summed E-state index contributed by atoms with van der Waals surface area (Å²) in [6, 6.07) is -0.118. The summed E-state index contributed by atoms with van der Waals surface area (Å²) in [4.78, 5) is 10.2. The first-order chi connectivity index (χ1) is 4.59. The number of nitrogens with zero attached hydrogens (tertiary/aromatic N) is 1. The van der Waals surface area contributed by atoms with Gasteiger partial charge in [-0.1, -0.05) is 0 Å². The van der Waals surface area contributed by atoms with Crippen LogP contribution in [0.3, 0.4) is 0 Å². The van der Waals surface area contributed by atoms with E-state index in [-0.39, 0.29) is 6.04 Å². The van der Waals surface area contributed by atoms with Crippen LogP contribution in [0.15, 0.2) is 0 Å². The lowest BCUT2D eigenvalue weighted by Gasteiger charge is -2.19. The highest BCUT2D eigenvalue weighted by Gasteiger charge is 2.13. The molecule has 0 bridgehead atoms. The summed E-state index contributed by atoms with van der Waals surface area (Å²) in [6.07, 6.45) is 0.827. The van der Waals surface area contributed by atoms with Gasteiger partial charge in [0.2, 0.25) is 0 Å². The van der Waals surface area contributed by atoms with Crippen molar-refractivity contribution in [2.45, 2.75) is 13.0 Å². The average molecular weight is 164 g/mol. The SMILES string of the molecule is CSCC(C)N(N)C(=O)O. The van der Waals surface area contributed by atoms with E-state index in [9.17, 15) is 4.79 Å². The van der Waals surface area contributed by atoms with Gasteiger partial charge in [0.15, 0.2) is 0 Å². The molecule has 0 fully saturated rings. The van der Waals surface area contributed by atoms with Gasteiger partial charge in [0.1, 0.15) is 0 Å². The Balaban J connectivity index is 3.69. The molecule has 0 aliphatic heterocycles. The predicted molar refractivity (Wildman–Crippen MR) is 41.9 cm³/mol. The van der Waals surface area contributed by atoms with Crippen LogP contribution in [0.1, 0.15) is 6.92 Å². The second-order valence-electron chi connectivity index (χ2n) is 1.99. The van der Waals surface area contributed by atoms with Gasteiger partial charge in [-0.3, -0.25) is 0 Å². The number of hydrogen-bond donors (Lipinski definition) is 2. The summed E-state index contributed by atoms with van der Waals surface area (Å²) in [5.74, 6) is 5.89. The van der Waals surface area contributed by atoms with Gasteiger partial charge in [-0.15, -0.1) is 0 Å². The topological polar surface area (TPSA) is 66.6 Å². The van der Waals surface area contributed by atoms with E-state index in [0.717, 1.165) is 10.8 Å². The third-order valence-electron chi connectivity index (χ3n) is 1.10. The molecule has 3 N–H and O–H groups in total. The van der Waals surface area contributed by atoms with Crippen LogP contribution in [0, 0.1) is 0 Å². The van der Waals surface area contributed by atoms with Gasteiger partial charge in [-0.25, -0.2) is 15.6 Å². The van der Waals surface area contributed by atoms with Crippen LogP contribution in [-0.4, -0.2) is 34.3 Å². The number of rotatable bonds is 3. The van der Waals surface area contributed by atoms with Crippen molar-refractivity contribution in [2.75, 3.05) is 12.0 Å². The van der Waals surface area contributed by atoms with Gasteiger partial charge in [0.25, 0.3) is 0 Å². The van der Waals surface area contributed by atoms with E-state index < -0.39 is 6.09 Å². The van der Waals surface area contributed by atoms with Gasteiger partial charge >= 0.3 is 6.09 Å². The van der Waals surface area contributed by atoms with Crippen molar-refractivity contribution in [1.29, 1.82) is 0 Å². The Labute approximate surface area is 64.3 Å². The summed E-state index contributed by atoms with van der Waals surface area (Å²) < 4.78 is 0. The quantitative estimate of drug-likeness (QED) is 0.364. The molecule has 0 saturated heterocycles. The van der Waals surface area contributed by atoms with Crippen molar-refractivity contribution in [3.63, 3.8) is 0 Å². The Kier molecular flexibility index (Phi) is 4.22. The van der Waals surface area contributed by atoms with E-state index in [1.54, 1.807) is 18.7 Å². The minimum atomic E-state index is -1.08. The highest BCUT2D eigenvalue weighted by atomic mass is 32.2. The molecule has 0 aromatic carbocycles. The average Bonchev–Trinajstić information content (AvgIpc) is 1.87. The number of hydrogen-bond acceptors (Lipinski definition) is 3. The Morgan fingerprint density at radius 2 is 2.40 bits per heavy atom. The molecule has 1 amide bonds. The molecule has 60 valence electrons. The van der Waals surface area contributed by atoms with Crippen LogP contribution in [0.25, 0.3) is 0 Å². The normalized spacial score (nSPS) is 12.7. The fraction of sp³-hybridized carbons (Fsp3) is 0.800. The number of nitrogens with two attached hydrogens (primary N) is 1. The smallest absolute Gasteiger partial charge is 0.421 e. The van der Waals surface area contributed by atoms with Crippen molar-refractivity contribution in [1.82, 2.24) is 5.01 Å². The van der Waals surface area contributed by atoms with E-state index in [1.165, 1.54) is 0 Å². The van der Waals surface area contributed by atoms with Crippen LogP contribution in [0.4, 0.5) is 4.79 Å². The second kappa shape index (κ2) is 4.40. The van der Waals surface area contributed by atoms with Crippen molar-refractivity contribution in [2.24, 2.45) is 5.84 Å². The molecular weight excluding hydrogens is 152 g/mol. The first-order valence-corrected chi connectivity index (χ1v) is 4.24. The Morgan fingerprint density at radius 3 is 2.70 bits per heavy atom. The molecule has 0 aliphatic carbocycles. The lowest BCUT2D eigenvalue weighted by Crippen LogP contribution is -2.44. The summed E-state index contributed by atoms with van der Waals surface area (Å²) in [5.41, 5.74) is 0. The summed E-state index contributed by atoms with van der Waals surface area (Å²) in [7, 11) is 0. The largest absolute Gasteiger partial charge is 0.464 e. The molecule has 0 aromatic heterocycles. The van der Waals surface area contributed by atoms with E-state index in [4.69, 9.17) is 10.9 Å². The summed E-state index contributed by atoms with van der Waals surface area (Å²) in [6.45, 7) is 1.77. The number of carboxylic acid groups (broad SMARTS) is 1. The monoisotopic (exact) mass is 164 g/mol. The van der Waals surface area contributed by atoms with Crippen molar-refractivity contribution < 1.29 is 9.90 Å². The third kappa shape index (κ3) is 2.93. The van der Waals surface area contributed by atoms with Gasteiger partial charge in [-0.05, 0) is 13.2 Å². The Bertz CT molecular complexity index is 120. The van der Waals surface area contributed by atoms with E-state index in [1.807, 2.05) is 6.26 Å². The predicted octanol–water partition coefficient (Wildman–Crippen LogP) is 0.592. The fourth-order valence-corrected chi connectivity index (χ4v) is 1.15. The highest BCUT2D eigenvalue weighted by Crippen LogP contribution is 2.01. The summed E-state index contributed by atoms with van der Waals surface area (Å²) in [5, 5.41) is 9.19. The Morgan fingerprint density at radius 1 is 1.90 bits per heavy atom. The van der Waals surface area contributed by atoms with Crippen molar-refractivity contribution in [3.8, 4) is 0 Å². The van der Waals surface area contributed by atoms with Crippen LogP contribution >= 0.6 is 11.8 Å². The van der Waals surface area contributed by atoms with Crippen LogP contribution < -0.4 is 5.84 Å². The zero-order chi connectivity index (χ0) is 8.15. The molecule has 0 aromatic rings. The number of amides is 1. The van der Waals surface area contributed by atoms with E-state index >= 15 is 0 Å². The maximum atomic E-state index is 10.2. The molecule has 0 aliphatic rings. The van der Waals surface area contributed by atoms with E-state index in [2.05, 4.69) is 0 Å². The van der Waals surface area contributed by atoms with Gasteiger partial charge in [0.05, 0.1) is 6.04 Å². The zero-order valence-corrected chi connectivity index (χ0v) is 6.89.